The number of methoxy groups -OCH3 is 1. The molecule has 3 saturated heterocycles. The Bertz CT molecular complexity index is 1680. The summed E-state index contributed by atoms with van der Waals surface area (Å²) >= 11 is 0. The maximum absolute atomic E-state index is 15.2. The number of para-hydroxylation sites is 1. The number of ether oxygens (including phenoxy) is 2. The van der Waals surface area contributed by atoms with Gasteiger partial charge in [0.2, 0.25) is 11.8 Å². The van der Waals surface area contributed by atoms with Gasteiger partial charge in [-0.15, -0.1) is 13.2 Å². The van der Waals surface area contributed by atoms with Gasteiger partial charge in [-0.05, 0) is 61.2 Å². The molecule has 3 aromatic rings. The number of aliphatic hydroxyl groups excluding tert-OH is 1. The van der Waals surface area contributed by atoms with Gasteiger partial charge in [0.05, 0.1) is 37.2 Å². The van der Waals surface area contributed by atoms with Gasteiger partial charge in [0, 0.05) is 24.5 Å². The Balaban J connectivity index is 1.52. The van der Waals surface area contributed by atoms with Crippen LogP contribution in [0.4, 0.5) is 11.4 Å². The van der Waals surface area contributed by atoms with E-state index in [1.165, 1.54) is 4.90 Å². The number of carbonyl (C=O) groups excluding carboxylic acids is 3. The van der Waals surface area contributed by atoms with Gasteiger partial charge >= 0.3 is 0 Å². The maximum Gasteiger partial charge on any atom is 0.253 e. The second kappa shape index (κ2) is 13.1. The topological polar surface area (TPSA) is 99.6 Å². The molecule has 6 rings (SSSR count). The molecule has 48 heavy (non-hydrogen) atoms. The molecule has 9 nitrogen and oxygen atoms in total. The van der Waals surface area contributed by atoms with E-state index >= 15 is 9.59 Å². The van der Waals surface area contributed by atoms with Crippen molar-refractivity contribution < 1.29 is 29.0 Å². The quantitative estimate of drug-likeness (QED) is 0.272. The Labute approximate surface area is 282 Å². The highest BCUT2D eigenvalue weighted by molar-refractivity contribution is 6.07. The largest absolute Gasteiger partial charge is 0.497 e. The Kier molecular flexibility index (Phi) is 9.02. The molecule has 7 atom stereocenters. The lowest BCUT2D eigenvalue weighted by molar-refractivity contribution is -0.149. The first-order chi connectivity index (χ1) is 23.2. The van der Waals surface area contributed by atoms with Crippen molar-refractivity contribution in [2.45, 2.75) is 43.6 Å². The summed E-state index contributed by atoms with van der Waals surface area (Å²) in [5, 5.41) is 10.9. The Morgan fingerprint density at radius 1 is 0.958 bits per heavy atom. The zero-order valence-electron chi connectivity index (χ0n) is 27.7. The molecule has 3 fully saturated rings. The number of fused-ring (bicyclic) bond motifs is 1. The van der Waals surface area contributed by atoms with Gasteiger partial charge in [-0.25, -0.2) is 0 Å². The molecule has 250 valence electrons. The summed E-state index contributed by atoms with van der Waals surface area (Å²) in [6.07, 6.45) is 3.69. The molecule has 0 saturated carbocycles. The third-order valence-electron chi connectivity index (χ3n) is 10.6. The van der Waals surface area contributed by atoms with Gasteiger partial charge in [0.25, 0.3) is 5.91 Å². The van der Waals surface area contributed by atoms with Gasteiger partial charge in [-0.3, -0.25) is 14.4 Å². The standard InChI is InChI=1S/C39H43N3O6/c1-6-22-40(28-16-12-9-13-17-28)35(44)32-33-36(45)42(31(25-43)27-14-10-8-11-15-27)34(39(33)24-26(3)38(32,4)48-39)37(46)41(23-7-2)29-18-20-30(47-5)21-19-29/h6-21,26,31-34,43H,1-2,22-25H2,3-5H3/t26?,31-,32+,33+,34?,38-,39?/m1/s1. The number of anilines is 2. The van der Waals surface area contributed by atoms with Crippen molar-refractivity contribution in [3.05, 3.63) is 116 Å². The number of hydrogen-bond acceptors (Lipinski definition) is 6. The van der Waals surface area contributed by atoms with Crippen molar-refractivity contribution in [1.82, 2.24) is 4.90 Å². The van der Waals surface area contributed by atoms with E-state index in [0.717, 1.165) is 0 Å². The lowest BCUT2D eigenvalue weighted by Gasteiger charge is -2.39. The minimum absolute atomic E-state index is 0.162. The number of nitrogens with zero attached hydrogens (tertiary/aromatic N) is 3. The number of likely N-dealkylation sites (tertiary alicyclic amines) is 1. The van der Waals surface area contributed by atoms with Gasteiger partial charge in [-0.1, -0.05) is 67.6 Å². The third kappa shape index (κ3) is 5.13. The van der Waals surface area contributed by atoms with E-state index in [-0.39, 0.29) is 36.7 Å². The van der Waals surface area contributed by atoms with E-state index in [9.17, 15) is 9.90 Å². The predicted octanol–water partition coefficient (Wildman–Crippen LogP) is 5.18. The molecule has 1 N–H and O–H groups in total. The molecular weight excluding hydrogens is 606 g/mol. The molecule has 3 aromatic carbocycles. The van der Waals surface area contributed by atoms with E-state index in [1.54, 1.807) is 53.3 Å². The second-order valence-electron chi connectivity index (χ2n) is 13.1. The summed E-state index contributed by atoms with van der Waals surface area (Å²) in [6.45, 7) is 11.7. The van der Waals surface area contributed by atoms with E-state index in [4.69, 9.17) is 9.47 Å². The second-order valence-corrected chi connectivity index (χ2v) is 13.1. The maximum atomic E-state index is 15.2. The fourth-order valence-corrected chi connectivity index (χ4v) is 8.29. The number of hydrogen-bond donors (Lipinski definition) is 1. The summed E-state index contributed by atoms with van der Waals surface area (Å²) < 4.78 is 12.4. The average molecular weight is 650 g/mol. The molecule has 0 aromatic heterocycles. The highest BCUT2D eigenvalue weighted by Crippen LogP contribution is 2.66. The SMILES string of the molecule is C=CCN(C(=O)C1N([C@H](CO)c2ccccc2)C(=O)[C@@H]2[C@@H](C(=O)N(CC=C)c3ccccc3)[C@]3(C)OC12CC3C)c1ccc(OC)cc1. The van der Waals surface area contributed by atoms with Crippen LogP contribution in [0.3, 0.4) is 0 Å². The van der Waals surface area contributed by atoms with Gasteiger partial charge < -0.3 is 29.3 Å². The summed E-state index contributed by atoms with van der Waals surface area (Å²) in [6, 6.07) is 23.6. The van der Waals surface area contributed by atoms with Crippen molar-refractivity contribution >= 4 is 29.1 Å². The zero-order chi connectivity index (χ0) is 34.2. The van der Waals surface area contributed by atoms with Crippen molar-refractivity contribution in [2.24, 2.45) is 17.8 Å². The summed E-state index contributed by atoms with van der Waals surface area (Å²) in [7, 11) is 1.57. The molecule has 2 bridgehead atoms. The molecule has 0 aliphatic carbocycles. The summed E-state index contributed by atoms with van der Waals surface area (Å²) in [5.74, 6) is -2.40. The number of rotatable bonds is 12. The molecule has 3 aliphatic heterocycles. The van der Waals surface area contributed by atoms with Crippen molar-refractivity contribution in [2.75, 3.05) is 36.6 Å². The Morgan fingerprint density at radius 3 is 2.08 bits per heavy atom. The first-order valence-corrected chi connectivity index (χ1v) is 16.4. The van der Waals surface area contributed by atoms with Crippen LogP contribution in [0.2, 0.25) is 0 Å². The summed E-state index contributed by atoms with van der Waals surface area (Å²) in [4.78, 5) is 49.8. The van der Waals surface area contributed by atoms with Gasteiger partial charge in [0.1, 0.15) is 17.4 Å². The molecule has 1 spiro atoms. The molecule has 9 heteroatoms. The van der Waals surface area contributed by atoms with E-state index < -0.39 is 41.7 Å². The fourth-order valence-electron chi connectivity index (χ4n) is 8.29. The lowest BCUT2D eigenvalue weighted by atomic mass is 9.62. The van der Waals surface area contributed by atoms with Crippen LogP contribution in [0, 0.1) is 17.8 Å². The van der Waals surface area contributed by atoms with Gasteiger partial charge in [0.15, 0.2) is 0 Å². The van der Waals surface area contributed by atoms with Crippen molar-refractivity contribution in [3.8, 4) is 5.75 Å². The van der Waals surface area contributed by atoms with E-state index in [2.05, 4.69) is 13.2 Å². The molecule has 3 aliphatic rings. The minimum Gasteiger partial charge on any atom is -0.497 e. The molecule has 0 radical (unpaired) electrons. The molecular formula is C39H43N3O6. The van der Waals surface area contributed by atoms with Gasteiger partial charge in [-0.2, -0.15) is 0 Å². The van der Waals surface area contributed by atoms with Crippen LogP contribution < -0.4 is 14.5 Å². The normalized spacial score (nSPS) is 27.7. The molecule has 3 heterocycles. The van der Waals surface area contributed by atoms with Crippen molar-refractivity contribution in [3.63, 3.8) is 0 Å². The Morgan fingerprint density at radius 2 is 1.52 bits per heavy atom. The molecule has 3 unspecified atom stereocenters. The van der Waals surface area contributed by atoms with Crippen LogP contribution in [0.5, 0.6) is 5.75 Å². The minimum atomic E-state index is -1.33. The molecule has 3 amide bonds. The summed E-state index contributed by atoms with van der Waals surface area (Å²) in [5.41, 5.74) is -0.404. The lowest BCUT2D eigenvalue weighted by Crippen LogP contribution is -2.57. The first-order valence-electron chi connectivity index (χ1n) is 16.4. The van der Waals surface area contributed by atoms with Crippen molar-refractivity contribution in [1.29, 1.82) is 0 Å². The van der Waals surface area contributed by atoms with E-state index in [1.807, 2.05) is 74.5 Å². The van der Waals surface area contributed by atoms with Crippen LogP contribution in [-0.4, -0.2) is 71.8 Å². The number of aliphatic hydroxyl groups is 1. The number of amides is 3. The van der Waals surface area contributed by atoms with Crippen LogP contribution in [0.25, 0.3) is 0 Å². The monoisotopic (exact) mass is 649 g/mol. The van der Waals surface area contributed by atoms with Crippen LogP contribution >= 0.6 is 0 Å². The number of benzene rings is 3. The third-order valence-corrected chi connectivity index (χ3v) is 10.6. The predicted molar refractivity (Wildman–Crippen MR) is 184 cm³/mol. The first kappa shape index (κ1) is 33.2. The smallest absolute Gasteiger partial charge is 0.253 e. The van der Waals surface area contributed by atoms with Crippen LogP contribution in [0.1, 0.15) is 31.9 Å². The van der Waals surface area contributed by atoms with Crippen LogP contribution in [-0.2, 0) is 19.1 Å². The highest BCUT2D eigenvalue weighted by Gasteiger charge is 2.80. The van der Waals surface area contributed by atoms with E-state index in [0.29, 0.717) is 29.1 Å². The zero-order valence-corrected chi connectivity index (χ0v) is 27.7. The number of carbonyl (C=O) groups is 3. The van der Waals surface area contributed by atoms with Crippen LogP contribution in [0.15, 0.2) is 110 Å². The Hall–Kier alpha value is -4.73. The fraction of sp³-hybridized carbons (Fsp3) is 0.359. The average Bonchev–Trinajstić information content (AvgIpc) is 3.63. The highest BCUT2D eigenvalue weighted by atomic mass is 16.5.